The Morgan fingerprint density at radius 3 is 2.89 bits per heavy atom. The lowest BCUT2D eigenvalue weighted by molar-refractivity contribution is 0.796. The van der Waals surface area contributed by atoms with Crippen molar-refractivity contribution in [2.45, 2.75) is 20.3 Å². The summed E-state index contributed by atoms with van der Waals surface area (Å²) in [6.45, 7) is 5.98. The van der Waals surface area contributed by atoms with Gasteiger partial charge >= 0.3 is 0 Å². The van der Waals surface area contributed by atoms with Crippen LogP contribution in [0.3, 0.4) is 0 Å². The first-order valence-electron chi connectivity index (χ1n) is 6.25. The Kier molecular flexibility index (Phi) is 4.11. The van der Waals surface area contributed by atoms with Crippen molar-refractivity contribution >= 4 is 23.4 Å². The molecule has 0 spiro atoms. The highest BCUT2D eigenvalue weighted by Gasteiger charge is 2.18. The van der Waals surface area contributed by atoms with Crippen LogP contribution in [0.25, 0.3) is 0 Å². The van der Waals surface area contributed by atoms with Gasteiger partial charge in [-0.15, -0.1) is 0 Å². The van der Waals surface area contributed by atoms with Crippen LogP contribution < -0.4 is 10.6 Å². The Bertz CT molecular complexity index is 451. The number of rotatable bonds is 2. The summed E-state index contributed by atoms with van der Waals surface area (Å²) < 4.78 is 0. The lowest BCUT2D eigenvalue weighted by Gasteiger charge is -2.25. The van der Waals surface area contributed by atoms with Crippen LogP contribution in [0, 0.1) is 19.3 Å². The first-order valence-corrected chi connectivity index (χ1v) is 7.40. The first kappa shape index (κ1) is 13.2. The molecule has 0 saturated carbocycles. The largest absolute Gasteiger partial charge is 0.384 e. The van der Waals surface area contributed by atoms with Crippen molar-refractivity contribution in [2.24, 2.45) is 5.73 Å². The minimum atomic E-state index is 0.117. The second kappa shape index (κ2) is 5.61. The summed E-state index contributed by atoms with van der Waals surface area (Å²) in [5.74, 6) is 3.33. The van der Waals surface area contributed by atoms with Crippen LogP contribution in [0.5, 0.6) is 0 Å². The molecule has 1 fully saturated rings. The fourth-order valence-corrected chi connectivity index (χ4v) is 3.22. The third kappa shape index (κ3) is 2.77. The average Bonchev–Trinajstić information content (AvgIpc) is 2.55. The minimum Gasteiger partial charge on any atom is -0.384 e. The van der Waals surface area contributed by atoms with E-state index >= 15 is 0 Å². The molecule has 1 aromatic heterocycles. The SMILES string of the molecule is Cc1cc(C)c(C(=N)N)c(N2CCCSCC2)n1. The van der Waals surface area contributed by atoms with Gasteiger partial charge in [-0.1, -0.05) is 0 Å². The molecule has 0 aromatic carbocycles. The van der Waals surface area contributed by atoms with Gasteiger partial charge in [0.15, 0.2) is 0 Å². The van der Waals surface area contributed by atoms with Gasteiger partial charge in [-0.05, 0) is 37.7 Å². The monoisotopic (exact) mass is 264 g/mol. The van der Waals surface area contributed by atoms with Crippen molar-refractivity contribution in [3.63, 3.8) is 0 Å². The van der Waals surface area contributed by atoms with E-state index in [4.69, 9.17) is 11.1 Å². The third-order valence-corrected chi connectivity index (χ3v) is 4.17. The molecule has 0 bridgehead atoms. The number of thioether (sulfide) groups is 1. The molecule has 1 aliphatic heterocycles. The molecule has 4 nitrogen and oxygen atoms in total. The van der Waals surface area contributed by atoms with E-state index in [0.717, 1.165) is 47.9 Å². The molecule has 1 aliphatic rings. The Morgan fingerprint density at radius 1 is 1.39 bits per heavy atom. The fraction of sp³-hybridized carbons (Fsp3) is 0.538. The Morgan fingerprint density at radius 2 is 2.17 bits per heavy atom. The minimum absolute atomic E-state index is 0.117. The van der Waals surface area contributed by atoms with Gasteiger partial charge in [-0.25, -0.2) is 4.98 Å². The molecule has 18 heavy (non-hydrogen) atoms. The van der Waals surface area contributed by atoms with Crippen molar-refractivity contribution in [1.29, 1.82) is 5.41 Å². The highest BCUT2D eigenvalue weighted by molar-refractivity contribution is 7.99. The van der Waals surface area contributed by atoms with Crippen LogP contribution in [0.2, 0.25) is 0 Å². The third-order valence-electron chi connectivity index (χ3n) is 3.12. The van der Waals surface area contributed by atoms with Gasteiger partial charge in [0.2, 0.25) is 0 Å². The van der Waals surface area contributed by atoms with Crippen LogP contribution in [-0.2, 0) is 0 Å². The number of aryl methyl sites for hydroxylation is 2. The summed E-state index contributed by atoms with van der Waals surface area (Å²) in [5.41, 5.74) is 8.55. The number of nitrogens with two attached hydrogens (primary N) is 1. The van der Waals surface area contributed by atoms with E-state index in [1.807, 2.05) is 31.7 Å². The van der Waals surface area contributed by atoms with E-state index in [9.17, 15) is 0 Å². The van der Waals surface area contributed by atoms with Crippen molar-refractivity contribution in [3.8, 4) is 0 Å². The smallest absolute Gasteiger partial charge is 0.140 e. The van der Waals surface area contributed by atoms with Gasteiger partial charge in [0.1, 0.15) is 11.7 Å². The van der Waals surface area contributed by atoms with Gasteiger partial charge in [0.05, 0.1) is 5.56 Å². The summed E-state index contributed by atoms with van der Waals surface area (Å²) >= 11 is 1.98. The molecule has 0 unspecified atom stereocenters. The maximum atomic E-state index is 7.77. The first-order chi connectivity index (χ1) is 8.59. The number of amidine groups is 1. The van der Waals surface area contributed by atoms with Crippen LogP contribution in [0.4, 0.5) is 5.82 Å². The molecule has 0 radical (unpaired) electrons. The van der Waals surface area contributed by atoms with E-state index in [0.29, 0.717) is 0 Å². The average molecular weight is 264 g/mol. The Balaban J connectivity index is 2.43. The van der Waals surface area contributed by atoms with Crippen LogP contribution >= 0.6 is 11.8 Å². The zero-order valence-electron chi connectivity index (χ0n) is 11.0. The molecule has 3 N–H and O–H groups in total. The zero-order chi connectivity index (χ0) is 13.1. The summed E-state index contributed by atoms with van der Waals surface area (Å²) in [6.07, 6.45) is 1.16. The van der Waals surface area contributed by atoms with Crippen molar-refractivity contribution in [1.82, 2.24) is 4.98 Å². The molecule has 2 rings (SSSR count). The highest BCUT2D eigenvalue weighted by Crippen LogP contribution is 2.24. The molecule has 0 atom stereocenters. The van der Waals surface area contributed by atoms with E-state index in [2.05, 4.69) is 9.88 Å². The van der Waals surface area contributed by atoms with E-state index in [1.165, 1.54) is 5.75 Å². The van der Waals surface area contributed by atoms with Gasteiger partial charge < -0.3 is 10.6 Å². The number of aromatic nitrogens is 1. The summed E-state index contributed by atoms with van der Waals surface area (Å²) in [5, 5.41) is 7.77. The summed E-state index contributed by atoms with van der Waals surface area (Å²) in [7, 11) is 0. The Labute approximate surface area is 112 Å². The summed E-state index contributed by atoms with van der Waals surface area (Å²) in [6, 6.07) is 1.99. The quantitative estimate of drug-likeness (QED) is 0.633. The molecule has 2 heterocycles. The van der Waals surface area contributed by atoms with Crippen LogP contribution in [0.1, 0.15) is 23.2 Å². The maximum absolute atomic E-state index is 7.77. The van der Waals surface area contributed by atoms with Gasteiger partial charge in [0, 0.05) is 24.5 Å². The standard InChI is InChI=1S/C13H20N4S/c1-9-8-10(2)16-13(11(9)12(14)15)17-4-3-6-18-7-5-17/h8H,3-7H2,1-2H3,(H3,14,15). The van der Waals surface area contributed by atoms with E-state index in [1.54, 1.807) is 0 Å². The molecule has 0 amide bonds. The van der Waals surface area contributed by atoms with Gasteiger partial charge in [-0.3, -0.25) is 5.41 Å². The van der Waals surface area contributed by atoms with E-state index < -0.39 is 0 Å². The number of nitrogens with one attached hydrogen (secondary N) is 1. The lowest BCUT2D eigenvalue weighted by atomic mass is 10.1. The number of hydrogen-bond donors (Lipinski definition) is 2. The molecule has 1 aromatic rings. The number of nitrogens with zero attached hydrogens (tertiary/aromatic N) is 2. The normalized spacial score (nSPS) is 16.4. The number of hydrogen-bond acceptors (Lipinski definition) is 4. The highest BCUT2D eigenvalue weighted by atomic mass is 32.2. The lowest BCUT2D eigenvalue weighted by Crippen LogP contribution is -2.30. The number of pyridine rings is 1. The molecule has 98 valence electrons. The predicted octanol–water partition coefficient (Wildman–Crippen LogP) is 1.93. The number of nitrogen functional groups attached to an aromatic ring is 1. The summed E-state index contributed by atoms with van der Waals surface area (Å²) in [4.78, 5) is 6.89. The second-order valence-electron chi connectivity index (χ2n) is 4.65. The molecule has 1 saturated heterocycles. The predicted molar refractivity (Wildman–Crippen MR) is 78.9 cm³/mol. The van der Waals surface area contributed by atoms with Gasteiger partial charge in [-0.2, -0.15) is 11.8 Å². The number of anilines is 1. The van der Waals surface area contributed by atoms with Crippen molar-refractivity contribution < 1.29 is 0 Å². The van der Waals surface area contributed by atoms with Gasteiger partial charge in [0.25, 0.3) is 0 Å². The molecule has 5 heteroatoms. The zero-order valence-corrected chi connectivity index (χ0v) is 11.8. The van der Waals surface area contributed by atoms with Crippen LogP contribution in [-0.4, -0.2) is 35.4 Å². The molecule has 0 aliphatic carbocycles. The topological polar surface area (TPSA) is 66.0 Å². The van der Waals surface area contributed by atoms with Crippen molar-refractivity contribution in [2.75, 3.05) is 29.5 Å². The fourth-order valence-electron chi connectivity index (χ4n) is 2.34. The van der Waals surface area contributed by atoms with Crippen molar-refractivity contribution in [3.05, 3.63) is 22.9 Å². The molecular weight excluding hydrogens is 244 g/mol. The van der Waals surface area contributed by atoms with E-state index in [-0.39, 0.29) is 5.84 Å². The Hall–Kier alpha value is -1.23. The second-order valence-corrected chi connectivity index (χ2v) is 5.87. The van der Waals surface area contributed by atoms with Crippen LogP contribution in [0.15, 0.2) is 6.07 Å². The maximum Gasteiger partial charge on any atom is 0.140 e. The molecular formula is C13H20N4S.